The number of halogens is 3. The van der Waals surface area contributed by atoms with Crippen LogP contribution < -0.4 is 4.74 Å². The summed E-state index contributed by atoms with van der Waals surface area (Å²) in [5, 5.41) is 13.0. The van der Waals surface area contributed by atoms with Crippen molar-refractivity contribution in [2.45, 2.75) is 70.5 Å². The van der Waals surface area contributed by atoms with Crippen LogP contribution in [0.5, 0.6) is 5.75 Å². The molecule has 10 heteroatoms. The fourth-order valence-electron chi connectivity index (χ4n) is 3.82. The molecule has 1 N–H and O–H groups in total. The molecule has 2 aromatic rings. The Labute approximate surface area is 184 Å². The van der Waals surface area contributed by atoms with E-state index in [0.29, 0.717) is 25.8 Å². The maximum absolute atomic E-state index is 13.6. The standard InChI is InChI=1S/C22H28F3N3O4/c1-2-3-4-5-6-7-13-31-18-11-10-15(14-16(18)22(23,24)25)19-26-20(32-27-19)17-9-8-12-28(17)21(29)30/h10-11,14,17H,2-9,12-13H2,1H3,(H,29,30)/t17-/m0/s1. The van der Waals surface area contributed by atoms with Gasteiger partial charge >= 0.3 is 12.3 Å². The number of hydrogen-bond acceptors (Lipinski definition) is 5. The molecule has 1 amide bonds. The van der Waals surface area contributed by atoms with Crippen molar-refractivity contribution in [1.29, 1.82) is 0 Å². The molecule has 0 bridgehead atoms. The first-order chi connectivity index (χ1) is 15.3. The Morgan fingerprint density at radius 3 is 2.72 bits per heavy atom. The second-order valence-corrected chi connectivity index (χ2v) is 7.92. The molecular formula is C22H28F3N3O4. The number of rotatable bonds is 10. The van der Waals surface area contributed by atoms with Gasteiger partial charge in [0.05, 0.1) is 12.2 Å². The van der Waals surface area contributed by atoms with Crippen molar-refractivity contribution in [3.63, 3.8) is 0 Å². The summed E-state index contributed by atoms with van der Waals surface area (Å²) >= 11 is 0. The van der Waals surface area contributed by atoms with E-state index in [0.717, 1.165) is 38.2 Å². The van der Waals surface area contributed by atoms with Gasteiger partial charge in [-0.1, -0.05) is 44.2 Å². The summed E-state index contributed by atoms with van der Waals surface area (Å²) in [6.45, 7) is 2.69. The van der Waals surface area contributed by atoms with Crippen molar-refractivity contribution in [3.05, 3.63) is 29.7 Å². The Morgan fingerprint density at radius 1 is 1.25 bits per heavy atom. The summed E-state index contributed by atoms with van der Waals surface area (Å²) in [5.41, 5.74) is -0.778. The fraction of sp³-hybridized carbons (Fsp3) is 0.591. The summed E-state index contributed by atoms with van der Waals surface area (Å²) in [7, 11) is 0. The van der Waals surface area contributed by atoms with Crippen molar-refractivity contribution >= 4 is 6.09 Å². The molecule has 0 unspecified atom stereocenters. The number of amides is 1. The zero-order chi connectivity index (χ0) is 23.1. The van der Waals surface area contributed by atoms with Gasteiger partial charge in [-0.05, 0) is 37.5 Å². The summed E-state index contributed by atoms with van der Waals surface area (Å²) in [6.07, 6.45) is 1.54. The molecule has 1 atom stereocenters. The van der Waals surface area contributed by atoms with Crippen molar-refractivity contribution < 1.29 is 32.3 Å². The van der Waals surface area contributed by atoms with E-state index < -0.39 is 23.9 Å². The second-order valence-electron chi connectivity index (χ2n) is 7.92. The van der Waals surface area contributed by atoms with Gasteiger partial charge in [-0.15, -0.1) is 0 Å². The number of carbonyl (C=O) groups is 1. The van der Waals surface area contributed by atoms with Gasteiger partial charge in [0.1, 0.15) is 11.8 Å². The molecule has 1 aromatic heterocycles. The Morgan fingerprint density at radius 2 is 2.00 bits per heavy atom. The topological polar surface area (TPSA) is 88.7 Å². The van der Waals surface area contributed by atoms with Gasteiger partial charge < -0.3 is 14.4 Å². The highest BCUT2D eigenvalue weighted by atomic mass is 19.4. The molecule has 1 aliphatic heterocycles. The first-order valence-electron chi connectivity index (χ1n) is 11.0. The lowest BCUT2D eigenvalue weighted by molar-refractivity contribution is -0.138. The average molecular weight is 455 g/mol. The molecule has 0 saturated carbocycles. The van der Waals surface area contributed by atoms with Crippen LogP contribution in [0.25, 0.3) is 11.4 Å². The van der Waals surface area contributed by atoms with Gasteiger partial charge in [0.25, 0.3) is 0 Å². The van der Waals surface area contributed by atoms with Crippen LogP contribution in [0.15, 0.2) is 22.7 Å². The average Bonchev–Trinajstić information content (AvgIpc) is 3.42. The quantitative estimate of drug-likeness (QED) is 0.422. The smallest absolute Gasteiger partial charge is 0.419 e. The zero-order valence-electron chi connectivity index (χ0n) is 18.0. The molecule has 1 aromatic carbocycles. The number of ether oxygens (including phenoxy) is 1. The minimum atomic E-state index is -4.61. The van der Waals surface area contributed by atoms with Crippen LogP contribution in [0.1, 0.15) is 75.8 Å². The SMILES string of the molecule is CCCCCCCCOc1ccc(-c2noc([C@@H]3CCCN3C(=O)O)n2)cc1C(F)(F)F. The molecule has 3 rings (SSSR count). The summed E-state index contributed by atoms with van der Waals surface area (Å²) in [6, 6.07) is 3.07. The lowest BCUT2D eigenvalue weighted by Gasteiger charge is -2.17. The number of nitrogens with zero attached hydrogens (tertiary/aromatic N) is 3. The molecule has 0 aliphatic carbocycles. The lowest BCUT2D eigenvalue weighted by Crippen LogP contribution is -2.28. The zero-order valence-corrected chi connectivity index (χ0v) is 18.0. The highest BCUT2D eigenvalue weighted by molar-refractivity contribution is 5.66. The van der Waals surface area contributed by atoms with Gasteiger partial charge in [0, 0.05) is 12.1 Å². The predicted molar refractivity (Wildman–Crippen MR) is 110 cm³/mol. The number of hydrogen-bond donors (Lipinski definition) is 1. The van der Waals surface area contributed by atoms with Crippen LogP contribution in [0, 0.1) is 0 Å². The number of carboxylic acid groups (broad SMARTS) is 1. The summed E-state index contributed by atoms with van der Waals surface area (Å²) < 4.78 is 51.5. The normalized spacial score (nSPS) is 16.5. The second kappa shape index (κ2) is 10.7. The van der Waals surface area contributed by atoms with Crippen LogP contribution >= 0.6 is 0 Å². The van der Waals surface area contributed by atoms with Crippen LogP contribution in [-0.2, 0) is 6.18 Å². The molecule has 32 heavy (non-hydrogen) atoms. The van der Waals surface area contributed by atoms with E-state index in [2.05, 4.69) is 17.1 Å². The number of benzene rings is 1. The van der Waals surface area contributed by atoms with E-state index in [4.69, 9.17) is 9.26 Å². The molecule has 0 spiro atoms. The van der Waals surface area contributed by atoms with Crippen molar-refractivity contribution in [2.24, 2.45) is 0 Å². The third kappa shape index (κ3) is 5.92. The van der Waals surface area contributed by atoms with E-state index in [1.54, 1.807) is 0 Å². The van der Waals surface area contributed by atoms with Gasteiger partial charge in [-0.25, -0.2) is 4.79 Å². The van der Waals surface area contributed by atoms with Crippen LogP contribution in [0.3, 0.4) is 0 Å². The fourth-order valence-corrected chi connectivity index (χ4v) is 3.82. The number of alkyl halides is 3. The Balaban J connectivity index is 1.71. The number of likely N-dealkylation sites (tertiary alicyclic amines) is 1. The largest absolute Gasteiger partial charge is 0.493 e. The lowest BCUT2D eigenvalue weighted by atomic mass is 10.1. The van der Waals surface area contributed by atoms with E-state index in [1.165, 1.54) is 17.0 Å². The van der Waals surface area contributed by atoms with Gasteiger partial charge in [-0.2, -0.15) is 18.2 Å². The predicted octanol–water partition coefficient (Wildman–Crippen LogP) is 6.31. The Hall–Kier alpha value is -2.78. The first-order valence-corrected chi connectivity index (χ1v) is 11.0. The highest BCUT2D eigenvalue weighted by Crippen LogP contribution is 2.39. The maximum atomic E-state index is 13.6. The first kappa shape index (κ1) is 23.9. The highest BCUT2D eigenvalue weighted by Gasteiger charge is 2.36. The molecule has 1 fully saturated rings. The van der Waals surface area contributed by atoms with E-state index in [1.807, 2.05) is 0 Å². The number of aromatic nitrogens is 2. The molecule has 1 saturated heterocycles. The third-order valence-electron chi connectivity index (χ3n) is 5.52. The van der Waals surface area contributed by atoms with Crippen LogP contribution in [-0.4, -0.2) is 39.4 Å². The van der Waals surface area contributed by atoms with Gasteiger partial charge in [0.2, 0.25) is 11.7 Å². The van der Waals surface area contributed by atoms with Crippen molar-refractivity contribution in [2.75, 3.05) is 13.2 Å². The summed E-state index contributed by atoms with van der Waals surface area (Å²) in [4.78, 5) is 16.7. The molecule has 0 radical (unpaired) electrons. The molecule has 7 nitrogen and oxygen atoms in total. The molecule has 2 heterocycles. The third-order valence-corrected chi connectivity index (χ3v) is 5.52. The molecular weight excluding hydrogens is 427 g/mol. The number of unbranched alkanes of at least 4 members (excludes halogenated alkanes) is 5. The monoisotopic (exact) mass is 455 g/mol. The minimum Gasteiger partial charge on any atom is -0.493 e. The van der Waals surface area contributed by atoms with E-state index in [-0.39, 0.29) is 29.6 Å². The molecule has 1 aliphatic rings. The van der Waals surface area contributed by atoms with Crippen LogP contribution in [0.4, 0.5) is 18.0 Å². The van der Waals surface area contributed by atoms with Gasteiger partial charge in [0.15, 0.2) is 0 Å². The van der Waals surface area contributed by atoms with Gasteiger partial charge in [-0.3, -0.25) is 4.90 Å². The summed E-state index contributed by atoms with van der Waals surface area (Å²) in [5.74, 6) is -0.173. The van der Waals surface area contributed by atoms with E-state index >= 15 is 0 Å². The van der Waals surface area contributed by atoms with Crippen molar-refractivity contribution in [1.82, 2.24) is 15.0 Å². The minimum absolute atomic E-state index is 0.0230. The maximum Gasteiger partial charge on any atom is 0.419 e. The Bertz CT molecular complexity index is 901. The molecule has 176 valence electrons. The van der Waals surface area contributed by atoms with Crippen molar-refractivity contribution in [3.8, 4) is 17.1 Å². The van der Waals surface area contributed by atoms with Crippen LogP contribution in [0.2, 0.25) is 0 Å². The van der Waals surface area contributed by atoms with E-state index in [9.17, 15) is 23.1 Å². The Kier molecular flexibility index (Phi) is 7.98.